The fourth-order valence-electron chi connectivity index (χ4n) is 3.86. The number of pyridine rings is 2. The molecule has 1 aromatic carbocycles. The van der Waals surface area contributed by atoms with Gasteiger partial charge in [-0.05, 0) is 42.0 Å². The summed E-state index contributed by atoms with van der Waals surface area (Å²) in [6.07, 6.45) is -1.23. The van der Waals surface area contributed by atoms with Crippen LogP contribution in [0.1, 0.15) is 41.4 Å². The molecule has 1 N–H and O–H groups in total. The molecule has 0 saturated carbocycles. The average Bonchev–Trinajstić information content (AvgIpc) is 3.44. The van der Waals surface area contributed by atoms with Crippen molar-refractivity contribution in [2.45, 2.75) is 30.0 Å². The summed E-state index contributed by atoms with van der Waals surface area (Å²) < 4.78 is 59.0. The van der Waals surface area contributed by atoms with E-state index in [-0.39, 0.29) is 28.6 Å². The predicted octanol–water partition coefficient (Wildman–Crippen LogP) is 3.44. The van der Waals surface area contributed by atoms with Gasteiger partial charge in [-0.2, -0.15) is 13.1 Å². The van der Waals surface area contributed by atoms with Crippen molar-refractivity contribution in [1.29, 1.82) is 0 Å². The lowest BCUT2D eigenvalue weighted by Gasteiger charge is -2.29. The molecule has 0 saturated heterocycles. The van der Waals surface area contributed by atoms with Crippen LogP contribution in [0.4, 0.5) is 8.78 Å². The molecule has 0 radical (unpaired) electrons. The van der Waals surface area contributed by atoms with Crippen molar-refractivity contribution < 1.29 is 26.7 Å². The smallest absolute Gasteiger partial charge is 0.314 e. The van der Waals surface area contributed by atoms with Gasteiger partial charge >= 0.3 is 6.43 Å². The highest BCUT2D eigenvalue weighted by Crippen LogP contribution is 2.43. The highest BCUT2D eigenvalue weighted by molar-refractivity contribution is 7.89. The van der Waals surface area contributed by atoms with Crippen LogP contribution in [-0.4, -0.2) is 38.0 Å². The molecule has 2 atom stereocenters. The molecule has 0 bridgehead atoms. The van der Waals surface area contributed by atoms with Crippen LogP contribution in [0.3, 0.4) is 0 Å². The molecule has 1 aliphatic heterocycles. The number of rotatable bonds is 6. The maximum absolute atomic E-state index is 13.6. The Kier molecular flexibility index (Phi) is 5.63. The van der Waals surface area contributed by atoms with Crippen LogP contribution < -0.4 is 0 Å². The minimum absolute atomic E-state index is 0.0325. The molecule has 34 heavy (non-hydrogen) atoms. The number of fused-ring (bicyclic) bond motifs is 1. The lowest BCUT2D eigenvalue weighted by atomic mass is 10.0. The number of aromatic nitrogens is 4. The number of sulfonamides is 1. The molecule has 174 valence electrons. The average molecular weight is 485 g/mol. The third kappa shape index (κ3) is 3.85. The Morgan fingerprint density at radius 3 is 2.29 bits per heavy atom. The SMILES string of the molecule is O=S1(=O)c2cc(-c3nnc(C(F)F)o3)ccc2CN1[C@@H](c1ccccn1)[C@@H](O)c1ccccn1. The highest BCUT2D eigenvalue weighted by Gasteiger charge is 2.44. The number of aliphatic hydroxyl groups is 1. The van der Waals surface area contributed by atoms with Crippen LogP contribution in [0.5, 0.6) is 0 Å². The van der Waals surface area contributed by atoms with Crippen molar-refractivity contribution in [2.24, 2.45) is 0 Å². The number of hydrogen-bond donors (Lipinski definition) is 1. The summed E-state index contributed by atoms with van der Waals surface area (Å²) in [6, 6.07) is 13.3. The Morgan fingerprint density at radius 1 is 0.971 bits per heavy atom. The third-order valence-electron chi connectivity index (χ3n) is 5.45. The van der Waals surface area contributed by atoms with Crippen LogP contribution in [0, 0.1) is 0 Å². The maximum atomic E-state index is 13.6. The fraction of sp³-hybridized carbons (Fsp3) is 0.182. The Labute approximate surface area is 192 Å². The monoisotopic (exact) mass is 485 g/mol. The van der Waals surface area contributed by atoms with E-state index >= 15 is 0 Å². The molecule has 4 aromatic rings. The third-order valence-corrected chi connectivity index (χ3v) is 7.35. The second-order valence-electron chi connectivity index (χ2n) is 7.52. The zero-order valence-electron chi connectivity index (χ0n) is 17.4. The van der Waals surface area contributed by atoms with Crippen LogP contribution in [0.2, 0.25) is 0 Å². The number of halogens is 2. The van der Waals surface area contributed by atoms with Gasteiger partial charge in [0.15, 0.2) is 0 Å². The van der Waals surface area contributed by atoms with Crippen LogP contribution >= 0.6 is 0 Å². The predicted molar refractivity (Wildman–Crippen MR) is 114 cm³/mol. The molecule has 1 aliphatic rings. The highest BCUT2D eigenvalue weighted by atomic mass is 32.2. The first-order valence-electron chi connectivity index (χ1n) is 10.1. The Hall–Kier alpha value is -3.61. The zero-order chi connectivity index (χ0) is 23.9. The number of aliphatic hydroxyl groups excluding tert-OH is 1. The standard InChI is InChI=1S/C22H17F2N5O4S/c23-20(24)22-28-27-21(33-22)13-7-8-14-12-29(34(31,32)17(14)11-13)18(15-5-1-3-9-25-15)19(30)16-6-2-4-10-26-16/h1-11,18-20,30H,12H2/t18-,19-/m0/s1. The fourth-order valence-corrected chi connectivity index (χ4v) is 5.68. The molecule has 4 heterocycles. The van der Waals surface area contributed by atoms with Gasteiger partial charge in [-0.15, -0.1) is 10.2 Å². The van der Waals surface area contributed by atoms with Gasteiger partial charge in [-0.3, -0.25) is 9.97 Å². The number of alkyl halides is 2. The van der Waals surface area contributed by atoms with Crippen molar-refractivity contribution in [3.8, 4) is 11.5 Å². The first kappa shape index (κ1) is 22.2. The van der Waals surface area contributed by atoms with Crippen LogP contribution in [-0.2, 0) is 16.6 Å². The lowest BCUT2D eigenvalue weighted by Crippen LogP contribution is -2.34. The van der Waals surface area contributed by atoms with E-state index in [0.29, 0.717) is 11.3 Å². The van der Waals surface area contributed by atoms with Crippen molar-refractivity contribution in [3.63, 3.8) is 0 Å². The summed E-state index contributed by atoms with van der Waals surface area (Å²) in [5, 5.41) is 18.1. The van der Waals surface area contributed by atoms with Gasteiger partial charge in [0, 0.05) is 24.5 Å². The van der Waals surface area contributed by atoms with Crippen LogP contribution in [0.15, 0.2) is 76.3 Å². The van der Waals surface area contributed by atoms with Gasteiger partial charge in [0.25, 0.3) is 5.89 Å². The van der Waals surface area contributed by atoms with Gasteiger partial charge < -0.3 is 9.52 Å². The molecule has 0 amide bonds. The number of hydrogen-bond acceptors (Lipinski definition) is 8. The summed E-state index contributed by atoms with van der Waals surface area (Å²) >= 11 is 0. The minimum Gasteiger partial charge on any atom is -0.415 e. The van der Waals surface area contributed by atoms with Crippen molar-refractivity contribution in [1.82, 2.24) is 24.5 Å². The van der Waals surface area contributed by atoms with E-state index in [1.165, 1.54) is 24.5 Å². The molecule has 9 nitrogen and oxygen atoms in total. The first-order valence-corrected chi connectivity index (χ1v) is 11.6. The largest absolute Gasteiger partial charge is 0.415 e. The Balaban J connectivity index is 1.56. The molecular formula is C22H17F2N5O4S. The number of benzene rings is 1. The molecule has 0 fully saturated rings. The summed E-state index contributed by atoms with van der Waals surface area (Å²) in [5.41, 5.74) is 1.28. The van der Waals surface area contributed by atoms with Gasteiger partial charge in [0.2, 0.25) is 15.9 Å². The molecule has 0 unspecified atom stereocenters. The van der Waals surface area contributed by atoms with Crippen molar-refractivity contribution in [2.75, 3.05) is 0 Å². The van der Waals surface area contributed by atoms with Gasteiger partial charge in [0.05, 0.1) is 22.3 Å². The lowest BCUT2D eigenvalue weighted by molar-refractivity contribution is 0.0827. The maximum Gasteiger partial charge on any atom is 0.314 e. The zero-order valence-corrected chi connectivity index (χ0v) is 18.2. The van der Waals surface area contributed by atoms with Crippen LogP contribution in [0.25, 0.3) is 11.5 Å². The summed E-state index contributed by atoms with van der Waals surface area (Å²) in [7, 11) is -4.12. The molecule has 0 aliphatic carbocycles. The molecule has 3 aromatic heterocycles. The van der Waals surface area contributed by atoms with Gasteiger partial charge in [-0.25, -0.2) is 8.42 Å². The van der Waals surface area contributed by atoms with Gasteiger partial charge in [-0.1, -0.05) is 18.2 Å². The normalized spacial score (nSPS) is 16.9. The second-order valence-corrected chi connectivity index (χ2v) is 9.38. The van der Waals surface area contributed by atoms with E-state index in [1.807, 2.05) is 0 Å². The summed E-state index contributed by atoms with van der Waals surface area (Å²) in [5.74, 6) is -1.07. The van der Waals surface area contributed by atoms with E-state index < -0.39 is 34.5 Å². The summed E-state index contributed by atoms with van der Waals surface area (Å²) in [6.45, 7) is -0.0325. The molecule has 12 heteroatoms. The second kappa shape index (κ2) is 8.63. The van der Waals surface area contributed by atoms with E-state index in [2.05, 4.69) is 20.2 Å². The minimum atomic E-state index is -4.12. The first-order chi connectivity index (χ1) is 16.4. The molecular weight excluding hydrogens is 468 g/mol. The quantitative estimate of drug-likeness (QED) is 0.441. The Bertz CT molecular complexity index is 1420. The van der Waals surface area contributed by atoms with E-state index in [1.54, 1.807) is 42.5 Å². The van der Waals surface area contributed by atoms with Crippen molar-refractivity contribution in [3.05, 3.63) is 89.8 Å². The Morgan fingerprint density at radius 2 is 1.68 bits per heavy atom. The summed E-state index contributed by atoms with van der Waals surface area (Å²) in [4.78, 5) is 8.41. The van der Waals surface area contributed by atoms with E-state index in [9.17, 15) is 22.3 Å². The van der Waals surface area contributed by atoms with E-state index in [0.717, 1.165) is 4.31 Å². The number of nitrogens with zero attached hydrogens (tertiary/aromatic N) is 5. The molecule has 0 spiro atoms. The van der Waals surface area contributed by atoms with Gasteiger partial charge in [0.1, 0.15) is 6.10 Å². The van der Waals surface area contributed by atoms with E-state index in [4.69, 9.17) is 4.42 Å². The van der Waals surface area contributed by atoms with Crippen molar-refractivity contribution >= 4 is 10.0 Å². The molecule has 5 rings (SSSR count). The topological polar surface area (TPSA) is 122 Å².